The zero-order valence-electron chi connectivity index (χ0n) is 13.4. The maximum Gasteiger partial charge on any atom is 0.243 e. The van der Waals surface area contributed by atoms with Gasteiger partial charge in [0.2, 0.25) is 15.9 Å². The van der Waals surface area contributed by atoms with Crippen LogP contribution in [0.4, 0.5) is 5.69 Å². The minimum absolute atomic E-state index is 0.175. The van der Waals surface area contributed by atoms with Crippen molar-refractivity contribution in [2.75, 3.05) is 10.6 Å². The smallest absolute Gasteiger partial charge is 0.243 e. The number of amides is 1. The largest absolute Gasteiger partial charge is 0.352 e. The molecule has 122 valence electrons. The summed E-state index contributed by atoms with van der Waals surface area (Å²) in [5, 5.41) is 2.97. The number of anilines is 1. The van der Waals surface area contributed by atoms with Crippen molar-refractivity contribution >= 4 is 21.6 Å². The van der Waals surface area contributed by atoms with Crippen molar-refractivity contribution in [3.8, 4) is 0 Å². The molecule has 0 aliphatic heterocycles. The summed E-state index contributed by atoms with van der Waals surface area (Å²) in [6.45, 7) is 3.53. The Labute approximate surface area is 132 Å². The molecule has 0 radical (unpaired) electrons. The average Bonchev–Trinajstić information content (AvgIpc) is 2.90. The van der Waals surface area contributed by atoms with Crippen LogP contribution in [0.15, 0.2) is 24.3 Å². The van der Waals surface area contributed by atoms with Gasteiger partial charge in [-0.25, -0.2) is 8.42 Å². The predicted octanol–water partition coefficient (Wildman–Crippen LogP) is 2.21. The highest BCUT2D eigenvalue weighted by molar-refractivity contribution is 7.92. The van der Waals surface area contributed by atoms with Gasteiger partial charge in [-0.2, -0.15) is 0 Å². The molecule has 0 heterocycles. The Morgan fingerprint density at radius 2 is 1.95 bits per heavy atom. The van der Waals surface area contributed by atoms with E-state index in [2.05, 4.69) is 5.32 Å². The van der Waals surface area contributed by atoms with Crippen molar-refractivity contribution in [3.05, 3.63) is 29.8 Å². The molecule has 0 aromatic heterocycles. The molecule has 1 saturated carbocycles. The first-order chi connectivity index (χ1) is 10.3. The number of aryl methyl sites for hydroxylation is 1. The van der Waals surface area contributed by atoms with E-state index in [1.165, 1.54) is 4.31 Å². The normalized spacial score (nSPS) is 17.2. The van der Waals surface area contributed by atoms with Crippen molar-refractivity contribution in [3.63, 3.8) is 0 Å². The number of carbonyl (C=O) groups excluding carboxylic acids is 1. The van der Waals surface area contributed by atoms with Gasteiger partial charge in [-0.1, -0.05) is 25.0 Å². The van der Waals surface area contributed by atoms with Crippen LogP contribution >= 0.6 is 0 Å². The molecule has 1 aliphatic rings. The average molecular weight is 324 g/mol. The van der Waals surface area contributed by atoms with Crippen LogP contribution in [0.3, 0.4) is 0 Å². The van der Waals surface area contributed by atoms with Gasteiger partial charge in [0.15, 0.2) is 0 Å². The van der Waals surface area contributed by atoms with E-state index in [-0.39, 0.29) is 11.9 Å². The molecule has 1 fully saturated rings. The first-order valence-electron chi connectivity index (χ1n) is 7.65. The number of nitrogens with one attached hydrogen (secondary N) is 1. The van der Waals surface area contributed by atoms with Gasteiger partial charge in [-0.15, -0.1) is 0 Å². The first-order valence-corrected chi connectivity index (χ1v) is 9.50. The molecule has 1 aliphatic carbocycles. The fourth-order valence-corrected chi connectivity index (χ4v) is 4.13. The first kappa shape index (κ1) is 16.8. The van der Waals surface area contributed by atoms with Crippen LogP contribution in [0.2, 0.25) is 0 Å². The highest BCUT2D eigenvalue weighted by Gasteiger charge is 2.30. The van der Waals surface area contributed by atoms with Crippen LogP contribution in [0.25, 0.3) is 0 Å². The number of hydrogen-bond donors (Lipinski definition) is 1. The number of rotatable bonds is 5. The molecule has 0 spiro atoms. The Hall–Kier alpha value is -1.56. The molecule has 1 aromatic rings. The molecule has 2 rings (SSSR count). The zero-order chi connectivity index (χ0) is 16.3. The summed E-state index contributed by atoms with van der Waals surface area (Å²) in [5.41, 5.74) is 1.48. The second kappa shape index (κ2) is 6.69. The van der Waals surface area contributed by atoms with E-state index in [0.29, 0.717) is 5.69 Å². The Morgan fingerprint density at radius 1 is 1.32 bits per heavy atom. The summed E-state index contributed by atoms with van der Waals surface area (Å²) >= 11 is 0. The number of nitrogens with zero attached hydrogens (tertiary/aromatic N) is 1. The second-order valence-electron chi connectivity index (χ2n) is 6.06. The number of carbonyl (C=O) groups is 1. The van der Waals surface area contributed by atoms with Gasteiger partial charge in [0.05, 0.1) is 11.9 Å². The SMILES string of the molecule is Cc1cccc(N(C(C)C(=O)NC2CCCC2)S(C)(=O)=O)c1. The van der Waals surface area contributed by atoms with Crippen molar-refractivity contribution in [2.45, 2.75) is 51.6 Å². The highest BCUT2D eigenvalue weighted by Crippen LogP contribution is 2.23. The predicted molar refractivity (Wildman–Crippen MR) is 88.4 cm³/mol. The van der Waals surface area contributed by atoms with Crippen molar-refractivity contribution in [1.82, 2.24) is 5.32 Å². The Morgan fingerprint density at radius 3 is 2.50 bits per heavy atom. The quantitative estimate of drug-likeness (QED) is 0.903. The van der Waals surface area contributed by atoms with Gasteiger partial charge >= 0.3 is 0 Å². The third-order valence-corrected chi connectivity index (χ3v) is 5.29. The third-order valence-electron chi connectivity index (χ3n) is 4.05. The Kier molecular flexibility index (Phi) is 5.11. The van der Waals surface area contributed by atoms with Crippen LogP contribution in [-0.2, 0) is 14.8 Å². The maximum atomic E-state index is 12.4. The van der Waals surface area contributed by atoms with Crippen molar-refractivity contribution < 1.29 is 13.2 Å². The van der Waals surface area contributed by atoms with Crippen LogP contribution in [0, 0.1) is 6.92 Å². The summed E-state index contributed by atoms with van der Waals surface area (Å²) in [5.74, 6) is -0.237. The van der Waals surface area contributed by atoms with E-state index in [9.17, 15) is 13.2 Å². The van der Waals surface area contributed by atoms with Gasteiger partial charge < -0.3 is 5.32 Å². The van der Waals surface area contributed by atoms with Crippen LogP contribution in [0.5, 0.6) is 0 Å². The van der Waals surface area contributed by atoms with E-state index < -0.39 is 16.1 Å². The standard InChI is InChI=1S/C16H24N2O3S/c1-12-7-6-10-15(11-12)18(22(3,20)21)13(2)16(19)17-14-8-4-5-9-14/h6-7,10-11,13-14H,4-5,8-9H2,1-3H3,(H,17,19). The molecule has 1 unspecified atom stereocenters. The lowest BCUT2D eigenvalue weighted by Crippen LogP contribution is -2.50. The lowest BCUT2D eigenvalue weighted by atomic mass is 10.2. The fourth-order valence-electron chi connectivity index (χ4n) is 2.97. The molecule has 1 aromatic carbocycles. The van der Waals surface area contributed by atoms with Gasteiger partial charge in [-0.05, 0) is 44.4 Å². The van der Waals surface area contributed by atoms with Crippen LogP contribution in [0.1, 0.15) is 38.2 Å². The molecule has 0 saturated heterocycles. The van der Waals surface area contributed by atoms with E-state index in [4.69, 9.17) is 0 Å². The fraction of sp³-hybridized carbons (Fsp3) is 0.562. The summed E-state index contributed by atoms with van der Waals surface area (Å²) < 4.78 is 25.5. The minimum Gasteiger partial charge on any atom is -0.352 e. The van der Waals surface area contributed by atoms with Crippen LogP contribution < -0.4 is 9.62 Å². The highest BCUT2D eigenvalue weighted by atomic mass is 32.2. The van der Waals surface area contributed by atoms with Gasteiger partial charge in [0, 0.05) is 6.04 Å². The van der Waals surface area contributed by atoms with Gasteiger partial charge in [0.25, 0.3) is 0 Å². The second-order valence-corrected chi connectivity index (χ2v) is 7.92. The van der Waals surface area contributed by atoms with Crippen molar-refractivity contribution in [2.24, 2.45) is 0 Å². The van der Waals surface area contributed by atoms with E-state index >= 15 is 0 Å². The third kappa shape index (κ3) is 4.00. The van der Waals surface area contributed by atoms with Crippen molar-refractivity contribution in [1.29, 1.82) is 0 Å². The van der Waals surface area contributed by atoms with Gasteiger partial charge in [-0.3, -0.25) is 9.10 Å². The molecular weight excluding hydrogens is 300 g/mol. The summed E-state index contributed by atoms with van der Waals surface area (Å²) in [6.07, 6.45) is 5.32. The number of benzene rings is 1. The topological polar surface area (TPSA) is 66.5 Å². The lowest BCUT2D eigenvalue weighted by molar-refractivity contribution is -0.122. The Bertz CT molecular complexity index is 637. The minimum atomic E-state index is -3.54. The summed E-state index contributed by atoms with van der Waals surface area (Å²) in [7, 11) is -3.54. The zero-order valence-corrected chi connectivity index (χ0v) is 14.2. The molecule has 1 atom stereocenters. The lowest BCUT2D eigenvalue weighted by Gasteiger charge is -2.29. The molecule has 6 heteroatoms. The molecule has 1 N–H and O–H groups in total. The monoisotopic (exact) mass is 324 g/mol. The van der Waals surface area contributed by atoms with Gasteiger partial charge in [0.1, 0.15) is 6.04 Å². The molecule has 0 bridgehead atoms. The van der Waals surface area contributed by atoms with Crippen LogP contribution in [-0.4, -0.2) is 32.7 Å². The summed E-state index contributed by atoms with van der Waals surface area (Å²) in [4.78, 5) is 12.4. The molecule has 1 amide bonds. The molecule has 22 heavy (non-hydrogen) atoms. The molecule has 5 nitrogen and oxygen atoms in total. The molecular formula is C16H24N2O3S. The Balaban J connectivity index is 2.23. The summed E-state index contributed by atoms with van der Waals surface area (Å²) in [6, 6.07) is 6.59. The number of hydrogen-bond acceptors (Lipinski definition) is 3. The van der Waals surface area contributed by atoms with E-state index in [1.54, 1.807) is 25.1 Å². The maximum absolute atomic E-state index is 12.4. The van der Waals surface area contributed by atoms with E-state index in [0.717, 1.165) is 37.5 Å². The number of sulfonamides is 1. The van der Waals surface area contributed by atoms with E-state index in [1.807, 2.05) is 13.0 Å².